The maximum Gasteiger partial charge on any atom is 0.211 e. The van der Waals surface area contributed by atoms with Gasteiger partial charge in [-0.25, -0.2) is 9.37 Å². The standard InChI is InChI=1S/C11H9FN2OS/c12-5-10-6-16-11(14-10)8-2-1-3-9(4-8)13-7-15/h1-4,6-7H,5H2,(H,13,15). The number of nitrogens with zero attached hydrogens (tertiary/aromatic N) is 1. The lowest BCUT2D eigenvalue weighted by Gasteiger charge is -2.00. The third-order valence-electron chi connectivity index (χ3n) is 2.02. The molecule has 0 unspecified atom stereocenters. The van der Waals surface area contributed by atoms with Gasteiger partial charge in [0.15, 0.2) is 0 Å². The van der Waals surface area contributed by atoms with Crippen LogP contribution in [0.3, 0.4) is 0 Å². The number of nitrogens with one attached hydrogen (secondary N) is 1. The van der Waals surface area contributed by atoms with Gasteiger partial charge in [0.2, 0.25) is 6.41 Å². The van der Waals surface area contributed by atoms with E-state index in [9.17, 15) is 9.18 Å². The van der Waals surface area contributed by atoms with Crippen LogP contribution in [0.4, 0.5) is 10.1 Å². The average Bonchev–Trinajstić information content (AvgIpc) is 2.78. The van der Waals surface area contributed by atoms with Gasteiger partial charge < -0.3 is 5.32 Å². The van der Waals surface area contributed by atoms with Crippen LogP contribution in [0, 0.1) is 0 Å². The van der Waals surface area contributed by atoms with E-state index in [-0.39, 0.29) is 0 Å². The fourth-order valence-electron chi connectivity index (χ4n) is 1.31. The fraction of sp³-hybridized carbons (Fsp3) is 0.0909. The minimum atomic E-state index is -0.553. The third kappa shape index (κ3) is 2.25. The van der Waals surface area contributed by atoms with E-state index in [4.69, 9.17) is 0 Å². The second-order valence-electron chi connectivity index (χ2n) is 3.12. The number of benzene rings is 1. The molecule has 5 heteroatoms. The van der Waals surface area contributed by atoms with Crippen LogP contribution < -0.4 is 5.32 Å². The highest BCUT2D eigenvalue weighted by Gasteiger charge is 2.04. The molecule has 1 aromatic heterocycles. The first-order valence-corrected chi connectivity index (χ1v) is 5.52. The molecule has 0 bridgehead atoms. The monoisotopic (exact) mass is 236 g/mol. The predicted molar refractivity (Wildman–Crippen MR) is 62.0 cm³/mol. The zero-order chi connectivity index (χ0) is 11.4. The molecule has 1 aromatic carbocycles. The van der Waals surface area contributed by atoms with Crippen LogP contribution in [-0.2, 0) is 11.5 Å². The molecular weight excluding hydrogens is 227 g/mol. The quantitative estimate of drug-likeness (QED) is 0.829. The fourth-order valence-corrected chi connectivity index (χ4v) is 2.11. The Balaban J connectivity index is 2.32. The Bertz CT molecular complexity index is 498. The molecule has 2 aromatic rings. The van der Waals surface area contributed by atoms with Crippen LogP contribution >= 0.6 is 11.3 Å². The summed E-state index contributed by atoms with van der Waals surface area (Å²) >= 11 is 1.39. The highest BCUT2D eigenvalue weighted by molar-refractivity contribution is 7.13. The minimum Gasteiger partial charge on any atom is -0.329 e. The van der Waals surface area contributed by atoms with Crippen molar-refractivity contribution in [3.63, 3.8) is 0 Å². The molecule has 0 spiro atoms. The second-order valence-corrected chi connectivity index (χ2v) is 3.98. The Labute approximate surface area is 96.0 Å². The van der Waals surface area contributed by atoms with Gasteiger partial charge >= 0.3 is 0 Å². The van der Waals surface area contributed by atoms with E-state index in [2.05, 4.69) is 10.3 Å². The van der Waals surface area contributed by atoms with Crippen LogP contribution in [0.25, 0.3) is 10.6 Å². The van der Waals surface area contributed by atoms with Crippen molar-refractivity contribution in [2.45, 2.75) is 6.67 Å². The molecule has 0 fully saturated rings. The molecule has 1 amide bonds. The molecular formula is C11H9FN2OS. The van der Waals surface area contributed by atoms with Crippen LogP contribution in [0.1, 0.15) is 5.69 Å². The van der Waals surface area contributed by atoms with E-state index in [1.54, 1.807) is 17.5 Å². The molecule has 82 valence electrons. The highest BCUT2D eigenvalue weighted by Crippen LogP contribution is 2.26. The summed E-state index contributed by atoms with van der Waals surface area (Å²) in [5.74, 6) is 0. The number of thiazole rings is 1. The van der Waals surface area contributed by atoms with Crippen molar-refractivity contribution in [3.05, 3.63) is 35.3 Å². The molecule has 0 aliphatic heterocycles. The predicted octanol–water partition coefficient (Wildman–Crippen LogP) is 2.85. The van der Waals surface area contributed by atoms with E-state index in [0.717, 1.165) is 10.6 Å². The van der Waals surface area contributed by atoms with Gasteiger partial charge in [-0.2, -0.15) is 0 Å². The second kappa shape index (κ2) is 4.85. The molecule has 3 nitrogen and oxygen atoms in total. The van der Waals surface area contributed by atoms with Gasteiger partial charge in [0.25, 0.3) is 0 Å². The molecule has 0 radical (unpaired) electrons. The van der Waals surface area contributed by atoms with Gasteiger partial charge in [-0.15, -0.1) is 11.3 Å². The van der Waals surface area contributed by atoms with Gasteiger partial charge in [0.1, 0.15) is 11.7 Å². The van der Waals surface area contributed by atoms with Crippen molar-refractivity contribution >= 4 is 23.4 Å². The molecule has 0 atom stereocenters. The SMILES string of the molecule is O=CNc1cccc(-c2nc(CF)cs2)c1. The summed E-state index contributed by atoms with van der Waals surface area (Å²) in [6, 6.07) is 7.27. The summed E-state index contributed by atoms with van der Waals surface area (Å²) < 4.78 is 12.3. The average molecular weight is 236 g/mol. The summed E-state index contributed by atoms with van der Waals surface area (Å²) in [4.78, 5) is 14.4. The smallest absolute Gasteiger partial charge is 0.211 e. The van der Waals surface area contributed by atoms with Crippen molar-refractivity contribution in [2.24, 2.45) is 0 Å². The van der Waals surface area contributed by atoms with Gasteiger partial charge in [-0.3, -0.25) is 4.79 Å². The lowest BCUT2D eigenvalue weighted by Crippen LogP contribution is -1.93. The number of carbonyl (C=O) groups is 1. The number of hydrogen-bond donors (Lipinski definition) is 1. The maximum atomic E-state index is 12.3. The highest BCUT2D eigenvalue weighted by atomic mass is 32.1. The van der Waals surface area contributed by atoms with Gasteiger partial charge in [0, 0.05) is 16.6 Å². The zero-order valence-electron chi connectivity index (χ0n) is 8.31. The molecule has 0 saturated heterocycles. The molecule has 1 heterocycles. The molecule has 0 aliphatic carbocycles. The number of hydrogen-bond acceptors (Lipinski definition) is 3. The molecule has 0 aliphatic rings. The summed E-state index contributed by atoms with van der Waals surface area (Å²) in [5.41, 5.74) is 2.01. The van der Waals surface area contributed by atoms with Crippen molar-refractivity contribution in [1.29, 1.82) is 0 Å². The van der Waals surface area contributed by atoms with E-state index >= 15 is 0 Å². The number of aromatic nitrogens is 1. The van der Waals surface area contributed by atoms with Crippen LogP contribution in [-0.4, -0.2) is 11.4 Å². The number of alkyl halides is 1. The van der Waals surface area contributed by atoms with Crippen LogP contribution in [0.5, 0.6) is 0 Å². The minimum absolute atomic E-state index is 0.439. The van der Waals surface area contributed by atoms with Crippen LogP contribution in [0.15, 0.2) is 29.6 Å². The Hall–Kier alpha value is -1.75. The third-order valence-corrected chi connectivity index (χ3v) is 2.96. The first kappa shape index (κ1) is 10.8. The van der Waals surface area contributed by atoms with Crippen molar-refractivity contribution in [3.8, 4) is 10.6 Å². The Morgan fingerprint density at radius 3 is 3.06 bits per heavy atom. The van der Waals surface area contributed by atoms with Crippen molar-refractivity contribution in [2.75, 3.05) is 5.32 Å². The Morgan fingerprint density at radius 1 is 1.50 bits per heavy atom. The summed E-state index contributed by atoms with van der Waals surface area (Å²) in [6.07, 6.45) is 0.619. The zero-order valence-corrected chi connectivity index (χ0v) is 9.13. The molecule has 0 saturated carbocycles. The number of halogens is 1. The maximum absolute atomic E-state index is 12.3. The van der Waals surface area contributed by atoms with Gasteiger partial charge in [0.05, 0.1) is 5.69 Å². The number of amides is 1. The summed E-state index contributed by atoms with van der Waals surface area (Å²) in [6.45, 7) is -0.553. The lowest BCUT2D eigenvalue weighted by molar-refractivity contribution is -0.105. The topological polar surface area (TPSA) is 42.0 Å². The lowest BCUT2D eigenvalue weighted by atomic mass is 10.2. The molecule has 16 heavy (non-hydrogen) atoms. The molecule has 2 rings (SSSR count). The number of carbonyl (C=O) groups excluding carboxylic acids is 1. The molecule has 1 N–H and O–H groups in total. The number of rotatable bonds is 4. The van der Waals surface area contributed by atoms with Gasteiger partial charge in [-0.1, -0.05) is 12.1 Å². The number of anilines is 1. The van der Waals surface area contributed by atoms with Crippen molar-refractivity contribution < 1.29 is 9.18 Å². The van der Waals surface area contributed by atoms with Gasteiger partial charge in [-0.05, 0) is 12.1 Å². The van der Waals surface area contributed by atoms with E-state index in [0.29, 0.717) is 17.8 Å². The first-order valence-electron chi connectivity index (χ1n) is 4.64. The summed E-state index contributed by atoms with van der Waals surface area (Å²) in [5, 5.41) is 5.00. The Kier molecular flexibility index (Phi) is 3.26. The van der Waals surface area contributed by atoms with E-state index in [1.165, 1.54) is 11.3 Å². The first-order chi connectivity index (χ1) is 7.83. The van der Waals surface area contributed by atoms with Crippen molar-refractivity contribution in [1.82, 2.24) is 4.98 Å². The normalized spacial score (nSPS) is 10.1. The van der Waals surface area contributed by atoms with E-state index in [1.807, 2.05) is 12.1 Å². The van der Waals surface area contributed by atoms with Crippen LogP contribution in [0.2, 0.25) is 0 Å². The summed E-state index contributed by atoms with van der Waals surface area (Å²) in [7, 11) is 0. The van der Waals surface area contributed by atoms with E-state index < -0.39 is 6.67 Å². The largest absolute Gasteiger partial charge is 0.329 e. The Morgan fingerprint density at radius 2 is 2.38 bits per heavy atom.